The molecule has 0 spiro atoms. The van der Waals surface area contributed by atoms with Crippen LogP contribution in [0.1, 0.15) is 264 Å². The maximum absolute atomic E-state index is 12.8. The number of likely N-dealkylation sites (N-methyl/N-ethyl adjacent to an activating group) is 1. The Morgan fingerprint density at radius 2 is 0.833 bits per heavy atom. The van der Waals surface area contributed by atoms with Crippen molar-refractivity contribution in [1.82, 2.24) is 0 Å². The molecule has 0 rings (SSSR count). The van der Waals surface area contributed by atoms with Crippen LogP contribution in [0, 0.1) is 0 Å². The van der Waals surface area contributed by atoms with E-state index in [0.29, 0.717) is 24.1 Å². The van der Waals surface area contributed by atoms with Gasteiger partial charge in [-0.05, 0) is 51.4 Å². The first-order valence-corrected chi connectivity index (χ1v) is 29.7. The van der Waals surface area contributed by atoms with Gasteiger partial charge in [0.1, 0.15) is 19.3 Å². The molecule has 0 aliphatic rings. The molecule has 2 unspecified atom stereocenters. The summed E-state index contributed by atoms with van der Waals surface area (Å²) < 4.78 is 35.2. The van der Waals surface area contributed by atoms with Crippen molar-refractivity contribution in [2.24, 2.45) is 0 Å². The van der Waals surface area contributed by atoms with E-state index >= 15 is 0 Å². The molecule has 0 aliphatic heterocycles. The van der Waals surface area contributed by atoms with Crippen molar-refractivity contribution >= 4 is 13.8 Å². The number of phosphoric ester groups is 1. The molecular weight excluding hydrogens is 842 g/mol. The van der Waals surface area contributed by atoms with Gasteiger partial charge in [-0.15, -0.1) is 0 Å². The molecule has 0 fully saturated rings. The Morgan fingerprint density at radius 3 is 1.24 bits per heavy atom. The van der Waals surface area contributed by atoms with Gasteiger partial charge in [0.2, 0.25) is 0 Å². The fraction of sp³-hybridized carbons (Fsp3) is 0.877. The Labute approximate surface area is 410 Å². The molecule has 0 saturated heterocycles. The Kier molecular flexibility index (Phi) is 49.1. The van der Waals surface area contributed by atoms with E-state index in [1.807, 2.05) is 21.1 Å². The molecule has 0 aromatic heterocycles. The van der Waals surface area contributed by atoms with Gasteiger partial charge in [-0.2, -0.15) is 0 Å². The fourth-order valence-corrected chi connectivity index (χ4v) is 8.83. The second-order valence-corrected chi connectivity index (χ2v) is 21.8. The Hall–Kier alpha value is -1.28. The summed E-state index contributed by atoms with van der Waals surface area (Å²) >= 11 is 0. The molecule has 2 atom stereocenters. The lowest BCUT2D eigenvalue weighted by Gasteiger charge is -2.24. The summed E-state index contributed by atoms with van der Waals surface area (Å²) in [5.74, 6) is -0.316. The number of phosphoric acid groups is 1. The molecule has 1 N–H and O–H groups in total. The minimum Gasteiger partial charge on any atom is -0.457 e. The first-order valence-electron chi connectivity index (χ1n) is 28.2. The van der Waals surface area contributed by atoms with E-state index < -0.39 is 13.9 Å². The maximum Gasteiger partial charge on any atom is 0.472 e. The van der Waals surface area contributed by atoms with Gasteiger partial charge >= 0.3 is 13.8 Å². The van der Waals surface area contributed by atoms with E-state index in [-0.39, 0.29) is 25.8 Å². The van der Waals surface area contributed by atoms with Gasteiger partial charge in [-0.3, -0.25) is 13.8 Å². The zero-order valence-electron chi connectivity index (χ0n) is 44.4. The number of quaternary nitrogens is 1. The van der Waals surface area contributed by atoms with Crippen LogP contribution >= 0.6 is 7.82 Å². The van der Waals surface area contributed by atoms with Gasteiger partial charge in [-0.1, -0.05) is 243 Å². The molecule has 9 heteroatoms. The fourth-order valence-electron chi connectivity index (χ4n) is 8.09. The van der Waals surface area contributed by atoms with E-state index in [0.717, 1.165) is 51.4 Å². The molecule has 8 nitrogen and oxygen atoms in total. The van der Waals surface area contributed by atoms with E-state index in [9.17, 15) is 14.3 Å². The summed E-state index contributed by atoms with van der Waals surface area (Å²) in [5.41, 5.74) is 0. The Morgan fingerprint density at radius 1 is 0.470 bits per heavy atom. The van der Waals surface area contributed by atoms with Crippen LogP contribution in [0.5, 0.6) is 0 Å². The number of nitrogens with zero attached hydrogens (tertiary/aromatic N) is 1. The predicted molar refractivity (Wildman–Crippen MR) is 284 cm³/mol. The Bertz CT molecular complexity index is 1150. The third-order valence-electron chi connectivity index (χ3n) is 12.5. The number of rotatable bonds is 53. The zero-order chi connectivity index (χ0) is 48.3. The summed E-state index contributed by atoms with van der Waals surface area (Å²) in [5, 5.41) is 0. The minimum atomic E-state index is -4.28. The molecule has 0 aromatic rings. The Balaban J connectivity index is 4.09. The van der Waals surface area contributed by atoms with Crippen LogP contribution in [0.2, 0.25) is 0 Å². The maximum atomic E-state index is 12.8. The molecule has 0 saturated carbocycles. The van der Waals surface area contributed by atoms with Crippen LogP contribution in [0.4, 0.5) is 0 Å². The van der Waals surface area contributed by atoms with E-state index in [1.165, 1.54) is 193 Å². The van der Waals surface area contributed by atoms with Crippen molar-refractivity contribution in [2.45, 2.75) is 270 Å². The highest BCUT2D eigenvalue weighted by Gasteiger charge is 2.26. The third kappa shape index (κ3) is 53.7. The summed E-state index contributed by atoms with van der Waals surface area (Å²) in [6, 6.07) is 0. The quantitative estimate of drug-likeness (QED) is 0.0213. The van der Waals surface area contributed by atoms with E-state index in [4.69, 9.17) is 18.5 Å². The number of carbonyl (C=O) groups is 1. The highest BCUT2D eigenvalue weighted by atomic mass is 31.2. The average molecular weight is 953 g/mol. The third-order valence-corrected chi connectivity index (χ3v) is 13.4. The number of unbranched alkanes of at least 4 members (excludes halogenated alkanes) is 33. The molecule has 0 radical (unpaired) electrons. The molecule has 390 valence electrons. The van der Waals surface area contributed by atoms with Crippen LogP contribution < -0.4 is 0 Å². The SMILES string of the molecule is CCCCCCC/C=C\C/C=C\C/C=C\CCCCCCCCCCC(=O)OC(COCCCCCCCCCCCCCCCCCCCCCCC)COP(=O)(O)OCC[N+](C)(C)C. The van der Waals surface area contributed by atoms with Crippen molar-refractivity contribution < 1.29 is 37.3 Å². The van der Waals surface area contributed by atoms with Crippen LogP contribution in [0.3, 0.4) is 0 Å². The summed E-state index contributed by atoms with van der Waals surface area (Å²) in [4.78, 5) is 23.1. The lowest BCUT2D eigenvalue weighted by molar-refractivity contribution is -0.870. The molecule has 0 aliphatic carbocycles. The van der Waals surface area contributed by atoms with Gasteiger partial charge in [-0.25, -0.2) is 4.57 Å². The second-order valence-electron chi connectivity index (χ2n) is 20.3. The molecular formula is C57H111NO7P+. The number of esters is 1. The number of ether oxygens (including phenoxy) is 2. The molecule has 66 heavy (non-hydrogen) atoms. The van der Waals surface area contributed by atoms with Gasteiger partial charge in [0, 0.05) is 13.0 Å². The van der Waals surface area contributed by atoms with E-state index in [2.05, 4.69) is 50.3 Å². The topological polar surface area (TPSA) is 91.3 Å². The monoisotopic (exact) mass is 953 g/mol. The molecule has 0 aromatic carbocycles. The van der Waals surface area contributed by atoms with Gasteiger partial charge in [0.15, 0.2) is 0 Å². The average Bonchev–Trinajstić information content (AvgIpc) is 3.28. The van der Waals surface area contributed by atoms with Crippen molar-refractivity contribution in [3.05, 3.63) is 36.5 Å². The zero-order valence-corrected chi connectivity index (χ0v) is 45.3. The smallest absolute Gasteiger partial charge is 0.457 e. The van der Waals surface area contributed by atoms with Gasteiger partial charge in [0.25, 0.3) is 0 Å². The first-order chi connectivity index (χ1) is 32.1. The van der Waals surface area contributed by atoms with Crippen LogP contribution in [-0.2, 0) is 27.9 Å². The van der Waals surface area contributed by atoms with Crippen molar-refractivity contribution in [2.75, 3.05) is 54.1 Å². The highest BCUT2D eigenvalue weighted by molar-refractivity contribution is 7.47. The van der Waals surface area contributed by atoms with Crippen LogP contribution in [-0.4, -0.2) is 75.6 Å². The highest BCUT2D eigenvalue weighted by Crippen LogP contribution is 2.43. The van der Waals surface area contributed by atoms with Crippen LogP contribution in [0.25, 0.3) is 0 Å². The van der Waals surface area contributed by atoms with Crippen molar-refractivity contribution in [1.29, 1.82) is 0 Å². The number of hydrogen-bond donors (Lipinski definition) is 1. The minimum absolute atomic E-state index is 0.0883. The summed E-state index contributed by atoms with van der Waals surface area (Å²) in [6.07, 6.45) is 62.0. The van der Waals surface area contributed by atoms with Gasteiger partial charge in [0.05, 0.1) is 34.4 Å². The second kappa shape index (κ2) is 50.1. The molecule has 0 bridgehead atoms. The predicted octanol–water partition coefficient (Wildman–Crippen LogP) is 17.7. The van der Waals surface area contributed by atoms with Crippen molar-refractivity contribution in [3.8, 4) is 0 Å². The number of carbonyl (C=O) groups excluding carboxylic acids is 1. The number of hydrogen-bond acceptors (Lipinski definition) is 6. The normalized spacial score (nSPS) is 13.7. The lowest BCUT2D eigenvalue weighted by Crippen LogP contribution is -2.37. The number of allylic oxidation sites excluding steroid dienone is 6. The standard InChI is InChI=1S/C57H110NO7P/c1-6-8-10-12-14-16-18-20-22-24-26-28-29-30-32-34-36-38-40-42-44-46-48-50-57(59)65-56(55-64-66(60,61)63-53-51-58(3,4)5)54-62-52-49-47-45-43-41-39-37-35-33-31-27-25-23-21-19-17-15-13-11-9-7-2/h18,20,24,26,29-30,56H,6-17,19,21-23,25,27-28,31-55H2,1-5H3/p+1/b20-18-,26-24-,30-29-. The first kappa shape index (κ1) is 64.7. The van der Waals surface area contributed by atoms with E-state index in [1.54, 1.807) is 0 Å². The lowest BCUT2D eigenvalue weighted by atomic mass is 10.0. The van der Waals surface area contributed by atoms with Gasteiger partial charge < -0.3 is 18.9 Å². The largest absolute Gasteiger partial charge is 0.472 e. The van der Waals surface area contributed by atoms with Crippen molar-refractivity contribution in [3.63, 3.8) is 0 Å². The summed E-state index contributed by atoms with van der Waals surface area (Å²) in [6.45, 7) is 5.66. The molecule has 0 amide bonds. The van der Waals surface area contributed by atoms with Crippen LogP contribution in [0.15, 0.2) is 36.5 Å². The molecule has 0 heterocycles. The summed E-state index contributed by atoms with van der Waals surface area (Å²) in [7, 11) is 1.67.